The van der Waals surface area contributed by atoms with Gasteiger partial charge in [0.05, 0.1) is 23.4 Å². The van der Waals surface area contributed by atoms with Crippen molar-refractivity contribution in [1.82, 2.24) is 9.97 Å². The molecule has 1 unspecified atom stereocenters. The van der Waals surface area contributed by atoms with E-state index in [0.717, 1.165) is 16.8 Å². The van der Waals surface area contributed by atoms with Crippen LogP contribution in [0.15, 0.2) is 47.6 Å². The fourth-order valence-electron chi connectivity index (χ4n) is 2.43. The second-order valence-electron chi connectivity index (χ2n) is 5.81. The van der Waals surface area contributed by atoms with Crippen LogP contribution < -0.4 is 10.1 Å². The zero-order chi connectivity index (χ0) is 18.7. The molecular weight excluding hydrogens is 350 g/mol. The summed E-state index contributed by atoms with van der Waals surface area (Å²) in [6.45, 7) is 3.30. The zero-order valence-electron chi connectivity index (χ0n) is 14.7. The zero-order valence-corrected chi connectivity index (χ0v) is 15.5. The van der Waals surface area contributed by atoms with E-state index in [0.29, 0.717) is 16.4 Å². The molecule has 0 radical (unpaired) electrons. The molecular formula is C19H19N3O3S. The number of nitrogens with one attached hydrogen (secondary N) is 2. The summed E-state index contributed by atoms with van der Waals surface area (Å²) in [6.07, 6.45) is 0. The number of nitrogens with zero attached hydrogens (tertiary/aromatic N) is 1. The standard InChI is InChI=1S/C19H19N3O3S/c1-11(23)13-5-4-6-14(9-13)20-18(24)12(2)26-19-21-16-8-7-15(25-3)10-17(16)22-19/h4-10,12H,1-3H3,(H,20,24)(H,21,22). The van der Waals surface area contributed by atoms with Crippen LogP contribution in [0.4, 0.5) is 5.69 Å². The SMILES string of the molecule is COc1ccc2nc(SC(C)C(=O)Nc3cccc(C(C)=O)c3)[nH]c2c1. The highest BCUT2D eigenvalue weighted by Crippen LogP contribution is 2.26. The maximum absolute atomic E-state index is 12.4. The Morgan fingerprint density at radius 1 is 1.23 bits per heavy atom. The van der Waals surface area contributed by atoms with Gasteiger partial charge in [-0.2, -0.15) is 0 Å². The first kappa shape index (κ1) is 18.0. The van der Waals surface area contributed by atoms with E-state index >= 15 is 0 Å². The van der Waals surface area contributed by atoms with E-state index < -0.39 is 0 Å². The lowest BCUT2D eigenvalue weighted by Crippen LogP contribution is -2.22. The summed E-state index contributed by atoms with van der Waals surface area (Å²) in [5.41, 5.74) is 2.84. The van der Waals surface area contributed by atoms with E-state index in [9.17, 15) is 9.59 Å². The van der Waals surface area contributed by atoms with Gasteiger partial charge in [-0.3, -0.25) is 9.59 Å². The maximum atomic E-state index is 12.4. The first-order valence-corrected chi connectivity index (χ1v) is 8.96. The van der Waals surface area contributed by atoms with Crippen LogP contribution in [0.2, 0.25) is 0 Å². The van der Waals surface area contributed by atoms with Crippen LogP contribution in [0.25, 0.3) is 11.0 Å². The minimum Gasteiger partial charge on any atom is -0.497 e. The molecule has 0 aliphatic carbocycles. The number of fused-ring (bicyclic) bond motifs is 1. The Hall–Kier alpha value is -2.80. The average molecular weight is 369 g/mol. The maximum Gasteiger partial charge on any atom is 0.237 e. The Kier molecular flexibility index (Phi) is 5.27. The molecule has 0 aliphatic rings. The number of benzene rings is 2. The summed E-state index contributed by atoms with van der Waals surface area (Å²) in [5, 5.41) is 3.13. The van der Waals surface area contributed by atoms with Crippen molar-refractivity contribution < 1.29 is 14.3 Å². The molecule has 1 aromatic heterocycles. The minimum atomic E-state index is -0.363. The molecule has 6 nitrogen and oxygen atoms in total. The van der Waals surface area contributed by atoms with Gasteiger partial charge in [0.2, 0.25) is 5.91 Å². The number of ether oxygens (including phenoxy) is 1. The Morgan fingerprint density at radius 2 is 2.04 bits per heavy atom. The molecule has 0 saturated carbocycles. The number of carbonyl (C=O) groups excluding carboxylic acids is 2. The van der Waals surface area contributed by atoms with E-state index in [1.165, 1.54) is 18.7 Å². The molecule has 3 aromatic rings. The van der Waals surface area contributed by atoms with Gasteiger partial charge in [-0.15, -0.1) is 0 Å². The Bertz CT molecular complexity index is 968. The van der Waals surface area contributed by atoms with E-state index in [4.69, 9.17) is 4.74 Å². The molecule has 0 spiro atoms. The molecule has 1 atom stereocenters. The number of thioether (sulfide) groups is 1. The van der Waals surface area contributed by atoms with Gasteiger partial charge in [0.25, 0.3) is 0 Å². The van der Waals surface area contributed by atoms with Crippen molar-refractivity contribution in [3.05, 3.63) is 48.0 Å². The molecule has 1 amide bonds. The molecule has 2 aromatic carbocycles. The topological polar surface area (TPSA) is 84.1 Å². The quantitative estimate of drug-likeness (QED) is 0.509. The Labute approximate surface area is 155 Å². The molecule has 2 N–H and O–H groups in total. The van der Waals surface area contributed by atoms with Gasteiger partial charge in [-0.25, -0.2) is 4.98 Å². The lowest BCUT2D eigenvalue weighted by Gasteiger charge is -2.11. The number of methoxy groups -OCH3 is 1. The predicted molar refractivity (Wildman–Crippen MR) is 103 cm³/mol. The van der Waals surface area contributed by atoms with Crippen molar-refractivity contribution in [3.8, 4) is 5.75 Å². The molecule has 26 heavy (non-hydrogen) atoms. The molecule has 0 fully saturated rings. The lowest BCUT2D eigenvalue weighted by molar-refractivity contribution is -0.115. The van der Waals surface area contributed by atoms with Gasteiger partial charge in [-0.1, -0.05) is 23.9 Å². The number of rotatable bonds is 6. The number of amides is 1. The van der Waals surface area contributed by atoms with Crippen molar-refractivity contribution in [2.24, 2.45) is 0 Å². The first-order chi connectivity index (χ1) is 12.5. The number of hydrogen-bond donors (Lipinski definition) is 2. The highest BCUT2D eigenvalue weighted by molar-refractivity contribution is 8.00. The van der Waals surface area contributed by atoms with Crippen LogP contribution in [0.5, 0.6) is 5.75 Å². The number of carbonyl (C=O) groups is 2. The summed E-state index contributed by atoms with van der Waals surface area (Å²) in [4.78, 5) is 31.6. The number of imidazole rings is 1. The number of anilines is 1. The van der Waals surface area contributed by atoms with Crippen LogP contribution in [0.3, 0.4) is 0 Å². The van der Waals surface area contributed by atoms with E-state index in [1.54, 1.807) is 31.4 Å². The third kappa shape index (κ3) is 4.05. The van der Waals surface area contributed by atoms with Crippen LogP contribution in [-0.2, 0) is 4.79 Å². The van der Waals surface area contributed by atoms with Crippen LogP contribution in [0.1, 0.15) is 24.2 Å². The fourth-order valence-corrected chi connectivity index (χ4v) is 3.25. The summed E-state index contributed by atoms with van der Waals surface area (Å²) in [6, 6.07) is 12.5. The highest BCUT2D eigenvalue weighted by Gasteiger charge is 2.17. The number of aromatic nitrogens is 2. The highest BCUT2D eigenvalue weighted by atomic mass is 32.2. The summed E-state index contributed by atoms with van der Waals surface area (Å²) in [5.74, 6) is 0.545. The molecule has 3 rings (SSSR count). The van der Waals surface area contributed by atoms with Crippen LogP contribution >= 0.6 is 11.8 Å². The molecule has 0 saturated heterocycles. The molecule has 134 valence electrons. The van der Waals surface area contributed by atoms with Crippen molar-refractivity contribution >= 4 is 40.2 Å². The summed E-state index contributed by atoms with van der Waals surface area (Å²) in [7, 11) is 1.61. The average Bonchev–Trinajstić information content (AvgIpc) is 3.02. The minimum absolute atomic E-state index is 0.0405. The predicted octanol–water partition coefficient (Wildman–Crippen LogP) is 3.89. The van der Waals surface area contributed by atoms with Gasteiger partial charge in [0.15, 0.2) is 10.9 Å². The normalized spacial score (nSPS) is 12.0. The van der Waals surface area contributed by atoms with Crippen molar-refractivity contribution in [2.75, 3.05) is 12.4 Å². The number of Topliss-reactive ketones (excluding diaryl/α,β-unsaturated/α-hetero) is 1. The number of ketones is 1. The monoisotopic (exact) mass is 369 g/mol. The lowest BCUT2D eigenvalue weighted by atomic mass is 10.1. The number of hydrogen-bond acceptors (Lipinski definition) is 5. The molecule has 0 bridgehead atoms. The smallest absolute Gasteiger partial charge is 0.237 e. The van der Waals surface area contributed by atoms with Gasteiger partial charge < -0.3 is 15.0 Å². The Balaban J connectivity index is 1.69. The van der Waals surface area contributed by atoms with Gasteiger partial charge >= 0.3 is 0 Å². The van der Waals surface area contributed by atoms with Crippen molar-refractivity contribution in [2.45, 2.75) is 24.3 Å². The summed E-state index contributed by atoms with van der Waals surface area (Å²) >= 11 is 1.33. The largest absolute Gasteiger partial charge is 0.497 e. The third-order valence-electron chi connectivity index (χ3n) is 3.86. The molecule has 0 aliphatic heterocycles. The van der Waals surface area contributed by atoms with Gasteiger partial charge in [-0.05, 0) is 38.1 Å². The second kappa shape index (κ2) is 7.61. The number of H-pyrrole nitrogens is 1. The van der Waals surface area contributed by atoms with Gasteiger partial charge in [0.1, 0.15) is 5.75 Å². The van der Waals surface area contributed by atoms with E-state index in [2.05, 4.69) is 15.3 Å². The second-order valence-corrected chi connectivity index (χ2v) is 7.14. The van der Waals surface area contributed by atoms with E-state index in [-0.39, 0.29) is 16.9 Å². The molecule has 7 heteroatoms. The van der Waals surface area contributed by atoms with Crippen molar-refractivity contribution in [1.29, 1.82) is 0 Å². The number of aromatic amines is 1. The van der Waals surface area contributed by atoms with Gasteiger partial charge in [0, 0.05) is 17.3 Å². The first-order valence-electron chi connectivity index (χ1n) is 8.08. The fraction of sp³-hybridized carbons (Fsp3) is 0.211. The Morgan fingerprint density at radius 3 is 2.77 bits per heavy atom. The van der Waals surface area contributed by atoms with Crippen LogP contribution in [-0.4, -0.2) is 34.0 Å². The third-order valence-corrected chi connectivity index (χ3v) is 4.85. The van der Waals surface area contributed by atoms with E-state index in [1.807, 2.05) is 25.1 Å². The van der Waals surface area contributed by atoms with Crippen LogP contribution in [0, 0.1) is 0 Å². The molecule has 1 heterocycles. The van der Waals surface area contributed by atoms with Crippen molar-refractivity contribution in [3.63, 3.8) is 0 Å². The summed E-state index contributed by atoms with van der Waals surface area (Å²) < 4.78 is 5.20.